The molecule has 3 aromatic rings. The third kappa shape index (κ3) is 5.23. The average Bonchev–Trinajstić information content (AvgIpc) is 2.83. The van der Waals surface area contributed by atoms with Crippen molar-refractivity contribution >= 4 is 21.7 Å². The van der Waals surface area contributed by atoms with Gasteiger partial charge in [0, 0.05) is 5.56 Å². The molecule has 32 heavy (non-hydrogen) atoms. The minimum Gasteiger partial charge on any atom is -0.464 e. The average molecular weight is 452 g/mol. The molecule has 0 saturated heterocycles. The minimum atomic E-state index is -3.71. The molecular formula is C25H25NO5S. The fourth-order valence-electron chi connectivity index (χ4n) is 3.42. The second-order valence-corrected chi connectivity index (χ2v) is 9.30. The monoisotopic (exact) mass is 451 g/mol. The van der Waals surface area contributed by atoms with E-state index in [1.54, 1.807) is 85.8 Å². The molecule has 0 aliphatic carbocycles. The Morgan fingerprint density at radius 3 is 1.94 bits per heavy atom. The number of hydrogen-bond donors (Lipinski definition) is 1. The molecule has 1 amide bonds. The van der Waals surface area contributed by atoms with E-state index in [0.717, 1.165) is 0 Å². The number of amides is 1. The van der Waals surface area contributed by atoms with Crippen LogP contribution in [-0.4, -0.2) is 32.7 Å². The number of hydrogen-bond acceptors (Lipinski definition) is 5. The highest BCUT2D eigenvalue weighted by atomic mass is 32.2. The summed E-state index contributed by atoms with van der Waals surface area (Å²) < 4.78 is 31.3. The van der Waals surface area contributed by atoms with Gasteiger partial charge < -0.3 is 10.1 Å². The van der Waals surface area contributed by atoms with Gasteiger partial charge in [0.25, 0.3) is 5.91 Å². The number of benzene rings is 3. The van der Waals surface area contributed by atoms with Crippen LogP contribution in [0.2, 0.25) is 0 Å². The van der Waals surface area contributed by atoms with Crippen molar-refractivity contribution < 1.29 is 22.7 Å². The summed E-state index contributed by atoms with van der Waals surface area (Å²) in [5, 5.41) is 2.79. The Balaban J connectivity index is 2.04. The Hall–Kier alpha value is -3.45. The van der Waals surface area contributed by atoms with Crippen LogP contribution < -0.4 is 5.32 Å². The van der Waals surface area contributed by atoms with Gasteiger partial charge in [-0.2, -0.15) is 0 Å². The van der Waals surface area contributed by atoms with Gasteiger partial charge in [0.15, 0.2) is 15.4 Å². The van der Waals surface area contributed by atoms with Crippen molar-refractivity contribution in [3.8, 4) is 0 Å². The molecule has 0 aliphatic rings. The number of nitrogens with one attached hydrogen (secondary N) is 1. The van der Waals surface area contributed by atoms with Crippen LogP contribution >= 0.6 is 0 Å². The van der Waals surface area contributed by atoms with Crippen molar-refractivity contribution in [1.29, 1.82) is 0 Å². The van der Waals surface area contributed by atoms with Gasteiger partial charge in [-0.15, -0.1) is 0 Å². The maximum Gasteiger partial charge on any atom is 0.336 e. The second-order valence-electron chi connectivity index (χ2n) is 7.19. The second kappa shape index (κ2) is 10.2. The van der Waals surface area contributed by atoms with Crippen molar-refractivity contribution in [3.05, 3.63) is 102 Å². The first-order valence-electron chi connectivity index (χ1n) is 10.3. The predicted octanol–water partition coefficient (Wildman–Crippen LogP) is 3.74. The van der Waals surface area contributed by atoms with Crippen LogP contribution in [0.15, 0.2) is 95.9 Å². The lowest BCUT2D eigenvalue weighted by Crippen LogP contribution is -2.53. The number of esters is 1. The van der Waals surface area contributed by atoms with Gasteiger partial charge in [0.05, 0.1) is 17.3 Å². The lowest BCUT2D eigenvalue weighted by molar-refractivity contribution is -0.151. The van der Waals surface area contributed by atoms with E-state index in [9.17, 15) is 18.0 Å². The summed E-state index contributed by atoms with van der Waals surface area (Å²) in [4.78, 5) is 26.5. The molecule has 0 radical (unpaired) electrons. The highest BCUT2D eigenvalue weighted by molar-refractivity contribution is 7.91. The Labute approximate surface area is 188 Å². The van der Waals surface area contributed by atoms with Gasteiger partial charge in [-0.05, 0) is 43.2 Å². The largest absolute Gasteiger partial charge is 0.464 e. The molecular weight excluding hydrogens is 426 g/mol. The topological polar surface area (TPSA) is 89.5 Å². The van der Waals surface area contributed by atoms with Crippen LogP contribution in [0.1, 0.15) is 29.3 Å². The zero-order chi connectivity index (χ0) is 23.0. The van der Waals surface area contributed by atoms with E-state index in [4.69, 9.17) is 4.74 Å². The molecule has 0 aliphatic heterocycles. The van der Waals surface area contributed by atoms with Gasteiger partial charge in [0.1, 0.15) is 0 Å². The van der Waals surface area contributed by atoms with Gasteiger partial charge in [-0.3, -0.25) is 4.79 Å². The van der Waals surface area contributed by atoms with Crippen LogP contribution in [0.5, 0.6) is 0 Å². The maximum absolute atomic E-state index is 13.3. The summed E-state index contributed by atoms with van der Waals surface area (Å²) in [7, 11) is -3.71. The first kappa shape index (κ1) is 23.2. The first-order valence-corrected chi connectivity index (χ1v) is 11.9. The zero-order valence-electron chi connectivity index (χ0n) is 17.7. The van der Waals surface area contributed by atoms with Crippen LogP contribution in [0.4, 0.5) is 0 Å². The predicted molar refractivity (Wildman–Crippen MR) is 122 cm³/mol. The van der Waals surface area contributed by atoms with E-state index < -0.39 is 27.3 Å². The summed E-state index contributed by atoms with van der Waals surface area (Å²) in [6.07, 6.45) is -0.189. The maximum atomic E-state index is 13.3. The molecule has 0 bridgehead atoms. The van der Waals surface area contributed by atoms with Gasteiger partial charge >= 0.3 is 5.97 Å². The Morgan fingerprint density at radius 1 is 0.844 bits per heavy atom. The standard InChI is InChI=1S/C25H25NO5S/c1-2-31-24(28)25(21-14-8-4-9-15-21,26-23(27)20-12-6-3-7-13-20)18-19-32(29,30)22-16-10-5-11-17-22/h3-17H,2,18-19H2,1H3,(H,26,27). The van der Waals surface area contributed by atoms with E-state index in [0.29, 0.717) is 11.1 Å². The summed E-state index contributed by atoms with van der Waals surface area (Å²) in [5.74, 6) is -1.57. The fourth-order valence-corrected chi connectivity index (χ4v) is 4.80. The van der Waals surface area contributed by atoms with Gasteiger partial charge in [0.2, 0.25) is 0 Å². The highest BCUT2D eigenvalue weighted by Gasteiger charge is 2.44. The number of rotatable bonds is 9. The Kier molecular flexibility index (Phi) is 7.43. The summed E-state index contributed by atoms with van der Waals surface area (Å²) >= 11 is 0. The normalized spacial score (nSPS) is 13.0. The van der Waals surface area contributed by atoms with E-state index in [2.05, 4.69) is 5.32 Å². The van der Waals surface area contributed by atoms with Gasteiger partial charge in [-0.1, -0.05) is 66.7 Å². The zero-order valence-corrected chi connectivity index (χ0v) is 18.5. The van der Waals surface area contributed by atoms with Crippen LogP contribution in [0, 0.1) is 0 Å². The Bertz CT molecular complexity index is 1150. The van der Waals surface area contributed by atoms with Crippen LogP contribution in [-0.2, 0) is 24.9 Å². The first-order chi connectivity index (χ1) is 15.4. The van der Waals surface area contributed by atoms with E-state index in [-0.39, 0.29) is 23.7 Å². The Morgan fingerprint density at radius 2 is 1.38 bits per heavy atom. The van der Waals surface area contributed by atoms with E-state index in [1.165, 1.54) is 12.1 Å². The van der Waals surface area contributed by atoms with E-state index >= 15 is 0 Å². The van der Waals surface area contributed by atoms with Crippen molar-refractivity contribution in [3.63, 3.8) is 0 Å². The number of carbonyl (C=O) groups excluding carboxylic acids is 2. The molecule has 1 atom stereocenters. The third-order valence-electron chi connectivity index (χ3n) is 5.10. The van der Waals surface area contributed by atoms with Crippen LogP contribution in [0.25, 0.3) is 0 Å². The molecule has 7 heteroatoms. The minimum absolute atomic E-state index is 0.0834. The van der Waals surface area contributed by atoms with E-state index in [1.807, 2.05) is 0 Å². The van der Waals surface area contributed by atoms with Crippen molar-refractivity contribution in [2.45, 2.75) is 23.8 Å². The molecule has 6 nitrogen and oxygen atoms in total. The summed E-state index contributed by atoms with van der Waals surface area (Å²) in [5.41, 5.74) is -0.875. The fraction of sp³-hybridized carbons (Fsp3) is 0.200. The lowest BCUT2D eigenvalue weighted by Gasteiger charge is -2.33. The molecule has 3 aromatic carbocycles. The number of sulfone groups is 1. The quantitative estimate of drug-likeness (QED) is 0.501. The molecule has 0 heterocycles. The van der Waals surface area contributed by atoms with Crippen molar-refractivity contribution in [2.24, 2.45) is 0 Å². The smallest absolute Gasteiger partial charge is 0.336 e. The molecule has 3 rings (SSSR count). The van der Waals surface area contributed by atoms with Crippen LogP contribution in [0.3, 0.4) is 0 Å². The third-order valence-corrected chi connectivity index (χ3v) is 6.83. The molecule has 166 valence electrons. The van der Waals surface area contributed by atoms with Crippen molar-refractivity contribution in [1.82, 2.24) is 5.32 Å². The number of ether oxygens (including phenoxy) is 1. The molecule has 0 aromatic heterocycles. The SMILES string of the molecule is CCOC(=O)C(CCS(=O)(=O)c1ccccc1)(NC(=O)c1ccccc1)c1ccccc1. The summed E-state index contributed by atoms with van der Waals surface area (Å²) in [6.45, 7) is 1.74. The lowest BCUT2D eigenvalue weighted by atomic mass is 9.86. The number of carbonyl (C=O) groups is 2. The molecule has 0 fully saturated rings. The molecule has 0 spiro atoms. The summed E-state index contributed by atoms with van der Waals surface area (Å²) in [6, 6.07) is 25.0. The highest BCUT2D eigenvalue weighted by Crippen LogP contribution is 2.30. The molecule has 1 unspecified atom stereocenters. The van der Waals surface area contributed by atoms with Crippen molar-refractivity contribution in [2.75, 3.05) is 12.4 Å². The molecule has 0 saturated carbocycles. The van der Waals surface area contributed by atoms with Gasteiger partial charge in [-0.25, -0.2) is 13.2 Å². The molecule has 1 N–H and O–H groups in total.